The molecule has 2 unspecified atom stereocenters. The van der Waals surface area contributed by atoms with Gasteiger partial charge in [-0.1, -0.05) is 36.2 Å². The van der Waals surface area contributed by atoms with Gasteiger partial charge in [-0.2, -0.15) is 0 Å². The van der Waals surface area contributed by atoms with E-state index in [2.05, 4.69) is 5.32 Å². The van der Waals surface area contributed by atoms with Crippen LogP contribution in [0.2, 0.25) is 10.0 Å². The summed E-state index contributed by atoms with van der Waals surface area (Å²) in [7, 11) is 1.95. The van der Waals surface area contributed by atoms with E-state index in [4.69, 9.17) is 23.2 Å². The normalized spacial score (nSPS) is 18.9. The van der Waals surface area contributed by atoms with Crippen LogP contribution in [0.25, 0.3) is 0 Å². The Labute approximate surface area is 148 Å². The molecular weight excluding hydrogens is 343 g/mol. The highest BCUT2D eigenvalue weighted by Crippen LogP contribution is 2.25. The Balaban J connectivity index is 0.00000242. The van der Waals surface area contributed by atoms with Crippen LogP contribution < -0.4 is 5.32 Å². The van der Waals surface area contributed by atoms with E-state index in [1.54, 1.807) is 6.07 Å². The van der Waals surface area contributed by atoms with E-state index >= 15 is 0 Å². The van der Waals surface area contributed by atoms with E-state index in [1.165, 1.54) is 0 Å². The van der Waals surface area contributed by atoms with Crippen LogP contribution in [0.15, 0.2) is 18.2 Å². The average Bonchev–Trinajstić information content (AvgIpc) is 2.90. The van der Waals surface area contributed by atoms with Crippen molar-refractivity contribution in [3.63, 3.8) is 0 Å². The maximum absolute atomic E-state index is 12.5. The van der Waals surface area contributed by atoms with Gasteiger partial charge in [0.1, 0.15) is 0 Å². The van der Waals surface area contributed by atoms with Gasteiger partial charge in [0.05, 0.1) is 0 Å². The molecule has 0 radical (unpaired) electrons. The molecule has 3 nitrogen and oxygen atoms in total. The number of nitrogens with one attached hydrogen (secondary N) is 1. The van der Waals surface area contributed by atoms with Crippen molar-refractivity contribution in [3.8, 4) is 0 Å². The molecule has 1 heterocycles. The summed E-state index contributed by atoms with van der Waals surface area (Å²) in [5.41, 5.74) is 0.980. The van der Waals surface area contributed by atoms with Crippen LogP contribution in [0.1, 0.15) is 18.9 Å². The molecule has 22 heavy (non-hydrogen) atoms. The zero-order chi connectivity index (χ0) is 15.4. The van der Waals surface area contributed by atoms with Crippen LogP contribution >= 0.6 is 35.6 Å². The first-order valence-electron chi connectivity index (χ1n) is 7.38. The Morgan fingerprint density at radius 1 is 1.45 bits per heavy atom. The Bertz CT molecular complexity index is 510. The topological polar surface area (TPSA) is 32.3 Å². The molecule has 1 aromatic carbocycles. The van der Waals surface area contributed by atoms with Gasteiger partial charge in [0.25, 0.3) is 0 Å². The Hall–Kier alpha value is -0.480. The zero-order valence-electron chi connectivity index (χ0n) is 12.9. The number of nitrogens with zero attached hydrogens (tertiary/aromatic N) is 1. The number of carbonyl (C=O) groups is 1. The minimum absolute atomic E-state index is 0. The van der Waals surface area contributed by atoms with Crippen molar-refractivity contribution in [2.75, 3.05) is 26.7 Å². The van der Waals surface area contributed by atoms with E-state index in [-0.39, 0.29) is 24.2 Å². The molecule has 1 aliphatic rings. The third-order valence-electron chi connectivity index (χ3n) is 4.05. The lowest BCUT2D eigenvalue weighted by atomic mass is 10.00. The fraction of sp³-hybridized carbons (Fsp3) is 0.562. The van der Waals surface area contributed by atoms with Crippen molar-refractivity contribution in [2.45, 2.75) is 19.8 Å². The Morgan fingerprint density at radius 2 is 2.18 bits per heavy atom. The standard InChI is InChI=1S/C16H22Cl2N2O.ClH/c1-11(7-13-3-4-14(17)8-15(13)18)16(21)20-6-5-12(10-20)9-19-2;/h3-4,8,11-12,19H,5-7,9-10H2,1-2H3;1H. The van der Waals surface area contributed by atoms with E-state index < -0.39 is 0 Å². The minimum Gasteiger partial charge on any atom is -0.342 e. The van der Waals surface area contributed by atoms with Crippen molar-refractivity contribution < 1.29 is 4.79 Å². The molecule has 0 bridgehead atoms. The molecule has 0 aromatic heterocycles. The molecule has 124 valence electrons. The van der Waals surface area contributed by atoms with Crippen molar-refractivity contribution in [3.05, 3.63) is 33.8 Å². The SMILES string of the molecule is CNCC1CCN(C(=O)C(C)Cc2ccc(Cl)cc2Cl)C1.Cl. The summed E-state index contributed by atoms with van der Waals surface area (Å²) in [6, 6.07) is 5.45. The van der Waals surface area contributed by atoms with E-state index in [0.29, 0.717) is 22.4 Å². The first-order chi connectivity index (χ1) is 10.0. The maximum Gasteiger partial charge on any atom is 0.225 e. The quantitative estimate of drug-likeness (QED) is 0.863. The summed E-state index contributed by atoms with van der Waals surface area (Å²) in [5, 5.41) is 4.44. The molecule has 6 heteroatoms. The molecule has 0 spiro atoms. The molecule has 2 atom stereocenters. The summed E-state index contributed by atoms with van der Waals surface area (Å²) in [6.45, 7) is 4.67. The third-order valence-corrected chi connectivity index (χ3v) is 4.64. The first kappa shape index (κ1) is 19.6. The number of rotatable bonds is 5. The molecule has 1 aliphatic heterocycles. The average molecular weight is 366 g/mol. The fourth-order valence-electron chi connectivity index (χ4n) is 2.90. The summed E-state index contributed by atoms with van der Waals surface area (Å²) >= 11 is 12.1. The summed E-state index contributed by atoms with van der Waals surface area (Å²) in [6.07, 6.45) is 1.74. The molecule has 1 N–H and O–H groups in total. The molecule has 2 rings (SSSR count). The third kappa shape index (κ3) is 5.02. The maximum atomic E-state index is 12.5. The largest absolute Gasteiger partial charge is 0.342 e. The second kappa shape index (κ2) is 8.97. The highest BCUT2D eigenvalue weighted by Gasteiger charge is 2.28. The van der Waals surface area contributed by atoms with Crippen LogP contribution in [0, 0.1) is 11.8 Å². The number of likely N-dealkylation sites (tertiary alicyclic amines) is 1. The molecule has 1 amide bonds. The molecule has 1 aromatic rings. The Morgan fingerprint density at radius 3 is 2.82 bits per heavy atom. The van der Waals surface area contributed by atoms with Gasteiger partial charge in [-0.25, -0.2) is 0 Å². The van der Waals surface area contributed by atoms with Gasteiger partial charge in [-0.05, 0) is 50.0 Å². The van der Waals surface area contributed by atoms with Gasteiger partial charge in [0, 0.05) is 29.1 Å². The minimum atomic E-state index is -0.0583. The van der Waals surface area contributed by atoms with Gasteiger partial charge in [0.15, 0.2) is 0 Å². The predicted molar refractivity (Wildman–Crippen MR) is 95.2 cm³/mol. The lowest BCUT2D eigenvalue weighted by Gasteiger charge is -2.21. The number of hydrogen-bond acceptors (Lipinski definition) is 2. The lowest BCUT2D eigenvalue weighted by molar-refractivity contribution is -0.134. The predicted octanol–water partition coefficient (Wildman–Crippen LogP) is 3.66. The van der Waals surface area contributed by atoms with Crippen molar-refractivity contribution in [1.82, 2.24) is 10.2 Å². The number of benzene rings is 1. The van der Waals surface area contributed by atoms with Crippen LogP contribution in [0.4, 0.5) is 0 Å². The van der Waals surface area contributed by atoms with E-state index in [1.807, 2.05) is 31.0 Å². The molecular formula is C16H23Cl3N2O. The molecule has 0 saturated carbocycles. The summed E-state index contributed by atoms with van der Waals surface area (Å²) < 4.78 is 0. The number of halogens is 3. The summed E-state index contributed by atoms with van der Waals surface area (Å²) in [4.78, 5) is 14.5. The molecule has 1 saturated heterocycles. The van der Waals surface area contributed by atoms with Crippen LogP contribution in [0.5, 0.6) is 0 Å². The van der Waals surface area contributed by atoms with Crippen molar-refractivity contribution in [1.29, 1.82) is 0 Å². The van der Waals surface area contributed by atoms with Gasteiger partial charge in [0.2, 0.25) is 5.91 Å². The smallest absolute Gasteiger partial charge is 0.225 e. The Kier molecular flexibility index (Phi) is 7.98. The van der Waals surface area contributed by atoms with Crippen LogP contribution in [-0.2, 0) is 11.2 Å². The highest BCUT2D eigenvalue weighted by atomic mass is 35.5. The first-order valence-corrected chi connectivity index (χ1v) is 8.14. The van der Waals surface area contributed by atoms with Gasteiger partial charge in [-0.15, -0.1) is 12.4 Å². The second-order valence-electron chi connectivity index (χ2n) is 5.84. The van der Waals surface area contributed by atoms with E-state index in [0.717, 1.165) is 31.6 Å². The van der Waals surface area contributed by atoms with E-state index in [9.17, 15) is 4.79 Å². The van der Waals surface area contributed by atoms with Crippen LogP contribution in [0.3, 0.4) is 0 Å². The highest BCUT2D eigenvalue weighted by molar-refractivity contribution is 6.35. The van der Waals surface area contributed by atoms with Gasteiger partial charge < -0.3 is 10.2 Å². The second-order valence-corrected chi connectivity index (χ2v) is 6.68. The molecule has 0 aliphatic carbocycles. The van der Waals surface area contributed by atoms with Crippen molar-refractivity contribution in [2.24, 2.45) is 11.8 Å². The fourth-order valence-corrected chi connectivity index (χ4v) is 3.39. The van der Waals surface area contributed by atoms with Crippen molar-refractivity contribution >= 4 is 41.5 Å². The van der Waals surface area contributed by atoms with Gasteiger partial charge in [-0.3, -0.25) is 4.79 Å². The van der Waals surface area contributed by atoms with Gasteiger partial charge >= 0.3 is 0 Å². The number of amides is 1. The summed E-state index contributed by atoms with van der Waals surface area (Å²) in [5.74, 6) is 0.738. The monoisotopic (exact) mass is 364 g/mol. The van der Waals surface area contributed by atoms with Crippen LogP contribution in [-0.4, -0.2) is 37.5 Å². The number of hydrogen-bond donors (Lipinski definition) is 1. The zero-order valence-corrected chi connectivity index (χ0v) is 15.3. The molecule has 1 fully saturated rings. The lowest BCUT2D eigenvalue weighted by Crippen LogP contribution is -2.35. The number of carbonyl (C=O) groups excluding carboxylic acids is 1.